The van der Waals surface area contributed by atoms with E-state index in [0.29, 0.717) is 0 Å². The van der Waals surface area contributed by atoms with Crippen LogP contribution in [0.4, 0.5) is 0 Å². The van der Waals surface area contributed by atoms with Crippen LogP contribution in [-0.4, -0.2) is 61.2 Å². The zero-order chi connectivity index (χ0) is 29.8. The highest BCUT2D eigenvalue weighted by atomic mass is 31.2. The average molecular weight is 593 g/mol. The van der Waals surface area contributed by atoms with Crippen molar-refractivity contribution in [3.05, 3.63) is 71.8 Å². The first kappa shape index (κ1) is 32.1. The number of hydrogen-bond acceptors (Lipinski definition) is 12. The van der Waals surface area contributed by atoms with Gasteiger partial charge < -0.3 is 32.7 Å². The monoisotopic (exact) mass is 592 g/mol. The van der Waals surface area contributed by atoms with E-state index in [0.717, 1.165) is 31.9 Å². The molecule has 2 aromatic carbocycles. The van der Waals surface area contributed by atoms with Gasteiger partial charge >= 0.3 is 32.5 Å². The molecule has 0 aromatic heterocycles. The van der Waals surface area contributed by atoms with Crippen molar-refractivity contribution in [2.45, 2.75) is 71.6 Å². The third kappa shape index (κ3) is 10.8. The molecule has 13 heteroatoms. The molecule has 41 heavy (non-hydrogen) atoms. The van der Waals surface area contributed by atoms with Crippen LogP contribution in [0.2, 0.25) is 0 Å². The quantitative estimate of drug-likeness (QED) is 0.190. The van der Waals surface area contributed by atoms with Crippen LogP contribution in [0.5, 0.6) is 0 Å². The lowest BCUT2D eigenvalue weighted by Gasteiger charge is -2.44. The Labute approximate surface area is 239 Å². The Kier molecular flexibility index (Phi) is 12.6. The minimum Gasteiger partial charge on any atom is -0.463 e. The minimum atomic E-state index is -2.17. The number of esters is 4. The van der Waals surface area contributed by atoms with Crippen molar-refractivity contribution in [2.75, 3.05) is 6.61 Å². The summed E-state index contributed by atoms with van der Waals surface area (Å²) in [6.07, 6.45) is -6.68. The van der Waals surface area contributed by atoms with Crippen molar-refractivity contribution < 1.29 is 56.4 Å². The predicted octanol–water partition coefficient (Wildman–Crippen LogP) is 3.75. The zero-order valence-electron chi connectivity index (χ0n) is 23.1. The molecule has 1 heterocycles. The first-order valence-electron chi connectivity index (χ1n) is 12.7. The molecule has 0 N–H and O–H groups in total. The molecular weight excluding hydrogens is 559 g/mol. The summed E-state index contributed by atoms with van der Waals surface area (Å²) in [4.78, 5) is 47.7. The fourth-order valence-corrected chi connectivity index (χ4v) is 4.90. The number of rotatable bonds is 13. The lowest BCUT2D eigenvalue weighted by molar-refractivity contribution is -0.290. The Bertz CT molecular complexity index is 1100. The molecule has 2 unspecified atom stereocenters. The molecule has 0 amide bonds. The molecule has 222 valence electrons. The third-order valence-electron chi connectivity index (χ3n) is 5.50. The summed E-state index contributed by atoms with van der Waals surface area (Å²) >= 11 is 0. The van der Waals surface area contributed by atoms with E-state index in [1.54, 1.807) is 0 Å². The van der Waals surface area contributed by atoms with E-state index in [9.17, 15) is 19.2 Å². The second kappa shape index (κ2) is 16.1. The molecule has 0 radical (unpaired) electrons. The van der Waals surface area contributed by atoms with Gasteiger partial charge in [-0.3, -0.25) is 23.7 Å². The molecule has 0 spiro atoms. The molecule has 2 aromatic rings. The standard InChI is InChI=1S/C28H33O12P/c1-18(29)33-17-24-25(36-19(2)30)26(37-20(3)31)27(38-21(4)32)28(39-24)40-41(34-15-22-11-7-5-8-12-22)35-16-23-13-9-6-10-14-23/h5-14,24-28H,15-17H2,1-4H3/t24?,25-,26+,27-,28?/m1/s1. The second-order valence-corrected chi connectivity index (χ2v) is 10.1. The number of ether oxygens (including phenoxy) is 5. The van der Waals surface area contributed by atoms with E-state index in [-0.39, 0.29) is 19.8 Å². The van der Waals surface area contributed by atoms with Gasteiger partial charge in [0.1, 0.15) is 12.7 Å². The fraction of sp³-hybridized carbons (Fsp3) is 0.429. The van der Waals surface area contributed by atoms with Crippen molar-refractivity contribution in [2.24, 2.45) is 0 Å². The normalized spacial score (nSPS) is 22.0. The Morgan fingerprint density at radius 1 is 0.659 bits per heavy atom. The van der Waals surface area contributed by atoms with Gasteiger partial charge in [-0.2, -0.15) is 0 Å². The summed E-state index contributed by atoms with van der Waals surface area (Å²) in [5.41, 5.74) is 1.68. The SMILES string of the molecule is CC(=O)OCC1OC(OP(OCc2ccccc2)OCc2ccccc2)[C@H](OC(C)=O)[C@@H](OC(C)=O)[C@@H]1OC(C)=O. The van der Waals surface area contributed by atoms with Gasteiger partial charge in [-0.1, -0.05) is 60.7 Å². The van der Waals surface area contributed by atoms with Crippen LogP contribution in [0.25, 0.3) is 0 Å². The van der Waals surface area contributed by atoms with Gasteiger partial charge in [0.15, 0.2) is 18.3 Å². The molecule has 3 rings (SSSR count). The van der Waals surface area contributed by atoms with E-state index < -0.39 is 63.2 Å². The molecular formula is C28H33O12P. The first-order valence-corrected chi connectivity index (χ1v) is 13.8. The maximum absolute atomic E-state index is 12.1. The van der Waals surface area contributed by atoms with Gasteiger partial charge in [-0.05, 0) is 11.1 Å². The maximum Gasteiger partial charge on any atom is 0.335 e. The molecule has 12 nitrogen and oxygen atoms in total. The number of carbonyl (C=O) groups is 4. The van der Waals surface area contributed by atoms with Gasteiger partial charge in [0.25, 0.3) is 0 Å². The highest BCUT2D eigenvalue weighted by molar-refractivity contribution is 7.41. The summed E-state index contributed by atoms with van der Waals surface area (Å²) in [5.74, 6) is -2.86. The Morgan fingerprint density at radius 3 is 1.59 bits per heavy atom. The molecule has 1 aliphatic rings. The van der Waals surface area contributed by atoms with Gasteiger partial charge in [0.2, 0.25) is 6.29 Å². The van der Waals surface area contributed by atoms with Gasteiger partial charge in [-0.25, -0.2) is 0 Å². The summed E-state index contributed by atoms with van der Waals surface area (Å²) in [6, 6.07) is 18.6. The van der Waals surface area contributed by atoms with E-state index in [1.807, 2.05) is 60.7 Å². The van der Waals surface area contributed by atoms with Crippen molar-refractivity contribution in [3.8, 4) is 0 Å². The van der Waals surface area contributed by atoms with Crippen LogP contribution >= 0.6 is 8.60 Å². The molecule has 5 atom stereocenters. The second-order valence-electron chi connectivity index (χ2n) is 8.91. The van der Waals surface area contributed by atoms with Crippen molar-refractivity contribution >= 4 is 32.5 Å². The molecule has 1 fully saturated rings. The lowest BCUT2D eigenvalue weighted by Crippen LogP contribution is -2.62. The van der Waals surface area contributed by atoms with Gasteiger partial charge in [0.05, 0.1) is 13.2 Å². The van der Waals surface area contributed by atoms with Crippen LogP contribution in [0.1, 0.15) is 38.8 Å². The number of benzene rings is 2. The van der Waals surface area contributed by atoms with Crippen LogP contribution in [0.15, 0.2) is 60.7 Å². The number of hydrogen-bond donors (Lipinski definition) is 0. The summed E-state index contributed by atoms with van der Waals surface area (Å²) < 4.78 is 45.5. The molecule has 0 saturated carbocycles. The highest BCUT2D eigenvalue weighted by Gasteiger charge is 2.53. The first-order chi connectivity index (χ1) is 19.6. The van der Waals surface area contributed by atoms with E-state index in [1.165, 1.54) is 6.92 Å². The van der Waals surface area contributed by atoms with Crippen LogP contribution in [0.3, 0.4) is 0 Å². The molecule has 1 aliphatic heterocycles. The summed E-state index contributed by atoms with van der Waals surface area (Å²) in [6.45, 7) is 4.47. The van der Waals surface area contributed by atoms with Crippen LogP contribution in [0, 0.1) is 0 Å². The van der Waals surface area contributed by atoms with E-state index >= 15 is 0 Å². The largest absolute Gasteiger partial charge is 0.463 e. The average Bonchev–Trinajstić information content (AvgIpc) is 2.92. The Morgan fingerprint density at radius 2 is 1.12 bits per heavy atom. The topological polar surface area (TPSA) is 142 Å². The highest BCUT2D eigenvalue weighted by Crippen LogP contribution is 2.46. The fourth-order valence-electron chi connectivity index (χ4n) is 3.86. The smallest absolute Gasteiger partial charge is 0.335 e. The van der Waals surface area contributed by atoms with Crippen molar-refractivity contribution in [1.82, 2.24) is 0 Å². The van der Waals surface area contributed by atoms with Gasteiger partial charge in [0, 0.05) is 27.7 Å². The molecule has 0 aliphatic carbocycles. The molecule has 0 bridgehead atoms. The zero-order valence-corrected chi connectivity index (χ0v) is 24.0. The van der Waals surface area contributed by atoms with Gasteiger partial charge in [-0.15, -0.1) is 0 Å². The van der Waals surface area contributed by atoms with E-state index in [4.69, 9.17) is 37.3 Å². The Hall–Kier alpha value is -3.41. The minimum absolute atomic E-state index is 0.118. The molecule has 1 saturated heterocycles. The van der Waals surface area contributed by atoms with Crippen molar-refractivity contribution in [3.63, 3.8) is 0 Å². The van der Waals surface area contributed by atoms with Crippen LogP contribution < -0.4 is 0 Å². The van der Waals surface area contributed by atoms with E-state index in [2.05, 4.69) is 0 Å². The van der Waals surface area contributed by atoms with Crippen LogP contribution in [-0.2, 0) is 69.6 Å². The van der Waals surface area contributed by atoms with Crippen molar-refractivity contribution in [1.29, 1.82) is 0 Å². The maximum atomic E-state index is 12.1. The predicted molar refractivity (Wildman–Crippen MR) is 142 cm³/mol. The lowest BCUT2D eigenvalue weighted by atomic mass is 9.98. The number of carbonyl (C=O) groups excluding carboxylic acids is 4. The summed E-state index contributed by atoms with van der Waals surface area (Å²) in [7, 11) is -2.17. The third-order valence-corrected chi connectivity index (χ3v) is 6.56. The Balaban J connectivity index is 1.91. The summed E-state index contributed by atoms with van der Waals surface area (Å²) in [5, 5.41) is 0.